The van der Waals surface area contributed by atoms with Crippen molar-refractivity contribution in [2.75, 3.05) is 19.8 Å². The van der Waals surface area contributed by atoms with Gasteiger partial charge in [-0.3, -0.25) is 0 Å². The average Bonchev–Trinajstić information content (AvgIpc) is 3.03. The van der Waals surface area contributed by atoms with Crippen molar-refractivity contribution in [1.82, 2.24) is 0 Å². The molecule has 0 spiro atoms. The molecule has 3 saturated heterocycles. The number of aliphatic hydroxyl groups excluding tert-OH is 14. The Hall–Kier alpha value is -0.840. The SMILES string of the molecule is CC1(O)C(O)C(O)C(O[C@@H]2OC(CO[C@H]3OC(CO[C@H]4OC(CO)[C@H](O)C(O)C4O)[C@H](O)C(O)C3O)[C@H](O)C(O)C2O)C(O)C1O. The first-order valence-electron chi connectivity index (χ1n) is 14.5. The predicted octanol–water partition coefficient (Wildman–Crippen LogP) is -9.97. The van der Waals surface area contributed by atoms with E-state index in [-0.39, 0.29) is 0 Å². The molecule has 3 heterocycles. The molecule has 4 rings (SSSR count). The summed E-state index contributed by atoms with van der Waals surface area (Å²) in [6, 6.07) is 0. The van der Waals surface area contributed by atoms with Gasteiger partial charge < -0.3 is 105 Å². The van der Waals surface area contributed by atoms with Gasteiger partial charge in [-0.2, -0.15) is 0 Å². The first kappa shape index (κ1) is 38.0. The molecule has 0 radical (unpaired) electrons. The third kappa shape index (κ3) is 7.21. The Morgan fingerprint density at radius 3 is 1.24 bits per heavy atom. The minimum atomic E-state index is -2.35. The number of aliphatic hydroxyl groups is 15. The maximum Gasteiger partial charge on any atom is 0.187 e. The molecule has 0 aromatic rings. The van der Waals surface area contributed by atoms with Crippen molar-refractivity contribution in [3.05, 3.63) is 0 Å². The van der Waals surface area contributed by atoms with E-state index in [9.17, 15) is 76.6 Å². The Morgan fingerprint density at radius 2 is 0.826 bits per heavy atom. The van der Waals surface area contributed by atoms with Crippen molar-refractivity contribution >= 4 is 0 Å². The lowest BCUT2D eigenvalue weighted by Gasteiger charge is -2.49. The molecule has 21 heteroatoms. The predicted molar refractivity (Wildman–Crippen MR) is 139 cm³/mol. The van der Waals surface area contributed by atoms with Crippen LogP contribution in [0.2, 0.25) is 0 Å². The molecule has 0 amide bonds. The molecule has 1 saturated carbocycles. The van der Waals surface area contributed by atoms with E-state index < -0.39 is 148 Å². The number of ether oxygens (including phenoxy) is 6. The van der Waals surface area contributed by atoms with Crippen molar-refractivity contribution in [1.29, 1.82) is 0 Å². The van der Waals surface area contributed by atoms with Gasteiger partial charge in [-0.1, -0.05) is 0 Å². The highest BCUT2D eigenvalue weighted by molar-refractivity contribution is 5.07. The van der Waals surface area contributed by atoms with Crippen LogP contribution in [0.4, 0.5) is 0 Å². The largest absolute Gasteiger partial charge is 0.394 e. The first-order valence-corrected chi connectivity index (χ1v) is 14.5. The van der Waals surface area contributed by atoms with Crippen LogP contribution in [0.25, 0.3) is 0 Å². The molecule has 0 bridgehead atoms. The van der Waals surface area contributed by atoms with E-state index in [2.05, 4.69) is 0 Å². The Bertz CT molecular complexity index is 956. The minimum absolute atomic E-state index is 0.659. The molecule has 0 aromatic carbocycles. The number of rotatable bonds is 9. The Morgan fingerprint density at radius 1 is 0.478 bits per heavy atom. The van der Waals surface area contributed by atoms with Crippen molar-refractivity contribution < 1.29 is 105 Å². The summed E-state index contributed by atoms with van der Waals surface area (Å²) in [5.41, 5.74) is -2.35. The van der Waals surface area contributed by atoms with Crippen molar-refractivity contribution in [3.8, 4) is 0 Å². The summed E-state index contributed by atoms with van der Waals surface area (Å²) in [5, 5.41) is 153. The third-order valence-corrected chi connectivity index (χ3v) is 8.84. The molecular formula is C25H44O21. The highest BCUT2D eigenvalue weighted by Crippen LogP contribution is 2.34. The average molecular weight is 681 g/mol. The van der Waals surface area contributed by atoms with Crippen LogP contribution >= 0.6 is 0 Å². The van der Waals surface area contributed by atoms with E-state index >= 15 is 0 Å². The Balaban J connectivity index is 1.38. The number of hydrogen-bond donors (Lipinski definition) is 15. The van der Waals surface area contributed by atoms with E-state index in [1.165, 1.54) is 0 Å². The van der Waals surface area contributed by atoms with Gasteiger partial charge in [-0.25, -0.2) is 0 Å². The molecule has 1 aliphatic carbocycles. The molecule has 19 atom stereocenters. The normalized spacial score (nSPS) is 55.3. The molecular weight excluding hydrogens is 636 g/mol. The second-order valence-electron chi connectivity index (χ2n) is 12.1. The van der Waals surface area contributed by atoms with E-state index in [0.717, 1.165) is 6.92 Å². The van der Waals surface area contributed by atoms with Crippen LogP contribution in [0.1, 0.15) is 6.92 Å². The summed E-state index contributed by atoms with van der Waals surface area (Å²) in [6.45, 7) is -1.21. The van der Waals surface area contributed by atoms with Crippen LogP contribution < -0.4 is 0 Å². The van der Waals surface area contributed by atoms with Gasteiger partial charge in [0.05, 0.1) is 19.8 Å². The summed E-state index contributed by atoms with van der Waals surface area (Å²) < 4.78 is 32.2. The molecule has 46 heavy (non-hydrogen) atoms. The van der Waals surface area contributed by atoms with Gasteiger partial charge in [0.2, 0.25) is 0 Å². The summed E-state index contributed by atoms with van der Waals surface area (Å²) in [7, 11) is 0. The highest BCUT2D eigenvalue weighted by atomic mass is 16.7. The lowest BCUT2D eigenvalue weighted by Crippen LogP contribution is -2.71. The van der Waals surface area contributed by atoms with Crippen molar-refractivity contribution in [2.24, 2.45) is 0 Å². The van der Waals surface area contributed by atoms with Crippen LogP contribution in [-0.2, 0) is 28.4 Å². The second kappa shape index (κ2) is 15.0. The van der Waals surface area contributed by atoms with Crippen LogP contribution in [0.15, 0.2) is 0 Å². The van der Waals surface area contributed by atoms with Gasteiger partial charge in [-0.15, -0.1) is 0 Å². The fourth-order valence-electron chi connectivity index (χ4n) is 5.69. The summed E-state index contributed by atoms with van der Waals surface area (Å²) in [5.74, 6) is 0. The molecule has 4 aliphatic rings. The molecule has 3 aliphatic heterocycles. The van der Waals surface area contributed by atoms with Crippen molar-refractivity contribution in [2.45, 2.75) is 135 Å². The van der Waals surface area contributed by atoms with Crippen LogP contribution in [0, 0.1) is 0 Å². The van der Waals surface area contributed by atoms with Gasteiger partial charge in [0, 0.05) is 0 Å². The molecule has 13 unspecified atom stereocenters. The number of hydrogen-bond acceptors (Lipinski definition) is 21. The lowest BCUT2D eigenvalue weighted by atomic mass is 9.76. The Kier molecular flexibility index (Phi) is 12.3. The van der Waals surface area contributed by atoms with Crippen LogP contribution in [0.3, 0.4) is 0 Å². The van der Waals surface area contributed by atoms with Gasteiger partial charge in [0.1, 0.15) is 109 Å². The van der Waals surface area contributed by atoms with Crippen LogP contribution in [-0.4, -0.2) is 225 Å². The standard InChI is InChI=1S/C25H44O21/c1-25(40)20(38)17(36)19(18(37)21(25)39)46-24-16(35)13(32)10(29)7(45-24)4-42-23-15(34)12(31)9(28)6(44-23)3-41-22-14(33)11(30)8(27)5(2-26)43-22/h5-24,26-40H,2-4H2,1H3/t5?,6?,7?,8-,9-,10-,11?,12?,13?,14?,15?,16?,17?,18?,19?,20?,21?,22-,23-,24-,25?/m0/s1. The second-order valence-corrected chi connectivity index (χ2v) is 12.1. The van der Waals surface area contributed by atoms with Gasteiger partial charge in [-0.05, 0) is 6.92 Å². The zero-order chi connectivity index (χ0) is 34.4. The van der Waals surface area contributed by atoms with Crippen LogP contribution in [0.5, 0.6) is 0 Å². The monoisotopic (exact) mass is 680 g/mol. The first-order chi connectivity index (χ1) is 21.4. The molecule has 0 aromatic heterocycles. The quantitative estimate of drug-likeness (QED) is 0.107. The lowest BCUT2D eigenvalue weighted by molar-refractivity contribution is -0.358. The maximum absolute atomic E-state index is 10.5. The van der Waals surface area contributed by atoms with E-state index in [1.54, 1.807) is 0 Å². The smallest absolute Gasteiger partial charge is 0.187 e. The summed E-state index contributed by atoms with van der Waals surface area (Å²) in [6.07, 6.45) is -36.4. The van der Waals surface area contributed by atoms with E-state index in [0.29, 0.717) is 0 Å². The zero-order valence-corrected chi connectivity index (χ0v) is 24.3. The van der Waals surface area contributed by atoms with E-state index in [4.69, 9.17) is 28.4 Å². The molecule has 4 fully saturated rings. The van der Waals surface area contributed by atoms with Gasteiger partial charge >= 0.3 is 0 Å². The molecule has 15 N–H and O–H groups in total. The molecule has 21 nitrogen and oxygen atoms in total. The third-order valence-electron chi connectivity index (χ3n) is 8.84. The maximum atomic E-state index is 10.5. The Labute approximate surface area is 260 Å². The molecule has 270 valence electrons. The summed E-state index contributed by atoms with van der Waals surface area (Å²) >= 11 is 0. The highest BCUT2D eigenvalue weighted by Gasteiger charge is 2.58. The van der Waals surface area contributed by atoms with E-state index in [1.807, 2.05) is 0 Å². The van der Waals surface area contributed by atoms with Crippen molar-refractivity contribution in [3.63, 3.8) is 0 Å². The van der Waals surface area contributed by atoms with Gasteiger partial charge in [0.15, 0.2) is 18.9 Å². The fraction of sp³-hybridized carbons (Fsp3) is 1.00. The van der Waals surface area contributed by atoms with Gasteiger partial charge in [0.25, 0.3) is 0 Å². The minimum Gasteiger partial charge on any atom is -0.394 e. The fourth-order valence-corrected chi connectivity index (χ4v) is 5.69. The zero-order valence-electron chi connectivity index (χ0n) is 24.3. The summed E-state index contributed by atoms with van der Waals surface area (Å²) in [4.78, 5) is 0. The topological polar surface area (TPSA) is 359 Å².